The average Bonchev–Trinajstić information content (AvgIpc) is 3.10. The third-order valence-electron chi connectivity index (χ3n) is 3.47. The Morgan fingerprint density at radius 2 is 2.20 bits per heavy atom. The van der Waals surface area contributed by atoms with Gasteiger partial charge in [0.05, 0.1) is 13.1 Å². The van der Waals surface area contributed by atoms with Crippen molar-refractivity contribution in [3.8, 4) is 0 Å². The van der Waals surface area contributed by atoms with E-state index in [0.717, 1.165) is 26.1 Å². The first-order valence-electron chi connectivity index (χ1n) is 6.89. The summed E-state index contributed by atoms with van der Waals surface area (Å²) < 4.78 is 5.02. The van der Waals surface area contributed by atoms with Crippen LogP contribution < -0.4 is 11.1 Å². The molecule has 0 saturated carbocycles. The van der Waals surface area contributed by atoms with Gasteiger partial charge in [0, 0.05) is 24.8 Å². The van der Waals surface area contributed by atoms with Gasteiger partial charge in [-0.05, 0) is 18.6 Å². The van der Waals surface area contributed by atoms with Crippen LogP contribution in [0.3, 0.4) is 0 Å². The van der Waals surface area contributed by atoms with Crippen LogP contribution >= 0.6 is 0 Å². The number of anilines is 1. The normalized spacial score (nSPS) is 19.4. The van der Waals surface area contributed by atoms with E-state index in [4.69, 9.17) is 10.3 Å². The topological polar surface area (TPSA) is 80.2 Å². The molecule has 0 radical (unpaired) electrons. The predicted molar refractivity (Wildman–Crippen MR) is 75.9 cm³/mol. The summed E-state index contributed by atoms with van der Waals surface area (Å²) in [4.78, 5) is 6.56. The number of nitrogens with one attached hydrogen (secondary N) is 1. The van der Waals surface area contributed by atoms with Crippen molar-refractivity contribution in [1.82, 2.24) is 15.0 Å². The van der Waals surface area contributed by atoms with Crippen molar-refractivity contribution in [1.29, 1.82) is 0 Å². The van der Waals surface area contributed by atoms with Crippen molar-refractivity contribution in [2.75, 3.05) is 18.4 Å². The van der Waals surface area contributed by atoms with Crippen LogP contribution in [-0.2, 0) is 13.1 Å². The SMILES string of the molecule is NCc1nc(CN2CCC(Nc3ccccc3)C2)no1. The summed E-state index contributed by atoms with van der Waals surface area (Å²) in [5.41, 5.74) is 6.63. The van der Waals surface area contributed by atoms with Crippen LogP contribution in [-0.4, -0.2) is 34.2 Å². The summed E-state index contributed by atoms with van der Waals surface area (Å²) in [7, 11) is 0. The van der Waals surface area contributed by atoms with Gasteiger partial charge in [-0.1, -0.05) is 23.4 Å². The lowest BCUT2D eigenvalue weighted by molar-refractivity contribution is 0.307. The van der Waals surface area contributed by atoms with Gasteiger partial charge in [0.2, 0.25) is 5.89 Å². The van der Waals surface area contributed by atoms with Crippen LogP contribution in [0.5, 0.6) is 0 Å². The minimum absolute atomic E-state index is 0.297. The second kappa shape index (κ2) is 6.02. The largest absolute Gasteiger partial charge is 0.381 e. The molecule has 1 aromatic carbocycles. The zero-order valence-electron chi connectivity index (χ0n) is 11.3. The van der Waals surface area contributed by atoms with Crippen LogP contribution in [0.15, 0.2) is 34.9 Å². The Morgan fingerprint density at radius 3 is 2.95 bits per heavy atom. The molecule has 1 aromatic heterocycles. The third-order valence-corrected chi connectivity index (χ3v) is 3.47. The summed E-state index contributed by atoms with van der Waals surface area (Å²) >= 11 is 0. The molecule has 3 rings (SSSR count). The lowest BCUT2D eigenvalue weighted by Crippen LogP contribution is -2.26. The Hall–Kier alpha value is -1.92. The van der Waals surface area contributed by atoms with Gasteiger partial charge in [-0.15, -0.1) is 0 Å². The van der Waals surface area contributed by atoms with Crippen LogP contribution in [0, 0.1) is 0 Å². The Kier molecular flexibility index (Phi) is 3.94. The second-order valence-electron chi connectivity index (χ2n) is 5.04. The highest BCUT2D eigenvalue weighted by Gasteiger charge is 2.23. The molecule has 6 nitrogen and oxygen atoms in total. The molecular weight excluding hydrogens is 254 g/mol. The van der Waals surface area contributed by atoms with Crippen molar-refractivity contribution >= 4 is 5.69 Å². The van der Waals surface area contributed by atoms with Crippen molar-refractivity contribution in [2.45, 2.75) is 25.6 Å². The van der Waals surface area contributed by atoms with Gasteiger partial charge in [0.1, 0.15) is 0 Å². The van der Waals surface area contributed by atoms with Gasteiger partial charge >= 0.3 is 0 Å². The Bertz CT molecular complexity index is 542. The molecule has 2 heterocycles. The van der Waals surface area contributed by atoms with Crippen molar-refractivity contribution < 1.29 is 4.52 Å². The molecule has 1 saturated heterocycles. The first-order valence-corrected chi connectivity index (χ1v) is 6.89. The molecule has 0 amide bonds. The first-order chi connectivity index (χ1) is 9.83. The quantitative estimate of drug-likeness (QED) is 0.852. The Balaban J connectivity index is 1.52. The molecule has 20 heavy (non-hydrogen) atoms. The van der Waals surface area contributed by atoms with Crippen molar-refractivity contribution in [3.63, 3.8) is 0 Å². The van der Waals surface area contributed by atoms with E-state index >= 15 is 0 Å². The van der Waals surface area contributed by atoms with Crippen LogP contribution in [0.1, 0.15) is 18.1 Å². The van der Waals surface area contributed by atoms with Gasteiger partial charge in [-0.2, -0.15) is 4.98 Å². The molecule has 2 aromatic rings. The van der Waals surface area contributed by atoms with Crippen LogP contribution in [0.2, 0.25) is 0 Å². The van der Waals surface area contributed by atoms with Gasteiger partial charge < -0.3 is 15.6 Å². The minimum Gasteiger partial charge on any atom is -0.381 e. The summed E-state index contributed by atoms with van der Waals surface area (Å²) in [6.07, 6.45) is 1.12. The molecule has 0 spiro atoms. The fraction of sp³-hybridized carbons (Fsp3) is 0.429. The summed E-state index contributed by atoms with van der Waals surface area (Å²) in [6, 6.07) is 10.8. The minimum atomic E-state index is 0.297. The highest BCUT2D eigenvalue weighted by Crippen LogP contribution is 2.17. The number of likely N-dealkylation sites (tertiary alicyclic amines) is 1. The van der Waals surface area contributed by atoms with E-state index < -0.39 is 0 Å². The molecule has 1 aliphatic rings. The number of nitrogens with two attached hydrogens (primary N) is 1. The summed E-state index contributed by atoms with van der Waals surface area (Å²) in [5, 5.41) is 7.48. The number of rotatable bonds is 5. The second-order valence-corrected chi connectivity index (χ2v) is 5.04. The molecule has 1 unspecified atom stereocenters. The molecule has 0 aliphatic carbocycles. The van der Waals surface area contributed by atoms with E-state index in [0.29, 0.717) is 24.3 Å². The number of nitrogens with zero attached hydrogens (tertiary/aromatic N) is 3. The third kappa shape index (κ3) is 3.15. The van der Waals surface area contributed by atoms with E-state index in [1.165, 1.54) is 5.69 Å². The number of para-hydroxylation sites is 1. The number of hydrogen-bond donors (Lipinski definition) is 2. The highest BCUT2D eigenvalue weighted by molar-refractivity contribution is 5.43. The maximum Gasteiger partial charge on any atom is 0.240 e. The fourth-order valence-electron chi connectivity index (χ4n) is 2.50. The predicted octanol–water partition coefficient (Wildman–Crippen LogP) is 1.21. The van der Waals surface area contributed by atoms with Crippen molar-refractivity contribution in [3.05, 3.63) is 42.0 Å². The summed E-state index contributed by atoms with van der Waals surface area (Å²) in [6.45, 7) is 3.04. The smallest absolute Gasteiger partial charge is 0.240 e. The standard InChI is InChI=1S/C14H19N5O/c15-8-14-17-13(18-20-14)10-19-7-6-12(9-19)16-11-4-2-1-3-5-11/h1-5,12,16H,6-10,15H2. The maximum absolute atomic E-state index is 5.46. The molecule has 3 N–H and O–H groups in total. The van der Waals surface area contributed by atoms with E-state index in [-0.39, 0.29) is 0 Å². The lowest BCUT2D eigenvalue weighted by atomic mass is 10.2. The molecule has 1 atom stereocenters. The van der Waals surface area contributed by atoms with Gasteiger partial charge in [-0.3, -0.25) is 4.90 Å². The fourth-order valence-corrected chi connectivity index (χ4v) is 2.50. The molecule has 6 heteroatoms. The first kappa shape index (κ1) is 13.1. The molecule has 1 aliphatic heterocycles. The monoisotopic (exact) mass is 273 g/mol. The molecule has 0 bridgehead atoms. The molecular formula is C14H19N5O. The number of hydrogen-bond acceptors (Lipinski definition) is 6. The van der Waals surface area contributed by atoms with Crippen LogP contribution in [0.25, 0.3) is 0 Å². The van der Waals surface area contributed by atoms with Gasteiger partial charge in [-0.25, -0.2) is 0 Å². The van der Waals surface area contributed by atoms with E-state index in [1.807, 2.05) is 18.2 Å². The van der Waals surface area contributed by atoms with E-state index in [1.54, 1.807) is 0 Å². The van der Waals surface area contributed by atoms with Gasteiger partial charge in [0.15, 0.2) is 5.82 Å². The van der Waals surface area contributed by atoms with Gasteiger partial charge in [0.25, 0.3) is 0 Å². The van der Waals surface area contributed by atoms with Crippen LogP contribution in [0.4, 0.5) is 5.69 Å². The van der Waals surface area contributed by atoms with E-state index in [2.05, 4.69) is 32.5 Å². The molecule has 106 valence electrons. The number of benzene rings is 1. The number of aromatic nitrogens is 2. The zero-order chi connectivity index (χ0) is 13.8. The Morgan fingerprint density at radius 1 is 1.35 bits per heavy atom. The van der Waals surface area contributed by atoms with Crippen molar-refractivity contribution in [2.24, 2.45) is 5.73 Å². The Labute approximate surface area is 118 Å². The highest BCUT2D eigenvalue weighted by atomic mass is 16.5. The summed E-state index contributed by atoms with van der Waals surface area (Å²) in [5.74, 6) is 1.21. The zero-order valence-corrected chi connectivity index (χ0v) is 11.3. The molecule has 1 fully saturated rings. The lowest BCUT2D eigenvalue weighted by Gasteiger charge is -2.15. The van der Waals surface area contributed by atoms with E-state index in [9.17, 15) is 0 Å². The average molecular weight is 273 g/mol. The maximum atomic E-state index is 5.46.